The average molecular weight is 271 g/mol. The summed E-state index contributed by atoms with van der Waals surface area (Å²) >= 11 is 0. The molecule has 1 aliphatic carbocycles. The second-order valence-electron chi connectivity index (χ2n) is 5.72. The van der Waals surface area contributed by atoms with Crippen molar-refractivity contribution in [2.24, 2.45) is 0 Å². The molecule has 106 valence electrons. The van der Waals surface area contributed by atoms with E-state index in [0.29, 0.717) is 11.7 Å². The lowest BCUT2D eigenvalue weighted by molar-refractivity contribution is -0.117. The Morgan fingerprint density at radius 1 is 1.35 bits per heavy atom. The highest BCUT2D eigenvalue weighted by molar-refractivity contribution is 5.92. The number of carbonyl (C=O) groups is 1. The Bertz CT molecular complexity index is 522. The summed E-state index contributed by atoms with van der Waals surface area (Å²) in [7, 11) is 0. The number of amides is 1. The molecule has 1 aromatic rings. The quantitative estimate of drug-likeness (QED) is 0.646. The van der Waals surface area contributed by atoms with Gasteiger partial charge in [0, 0.05) is 36.9 Å². The zero-order valence-corrected chi connectivity index (χ0v) is 11.6. The van der Waals surface area contributed by atoms with Crippen LogP contribution in [0.25, 0.3) is 6.08 Å². The van der Waals surface area contributed by atoms with E-state index < -0.39 is 0 Å². The van der Waals surface area contributed by atoms with E-state index in [9.17, 15) is 4.79 Å². The molecule has 2 aliphatic rings. The molecule has 3 rings (SSSR count). The van der Waals surface area contributed by atoms with Crippen LogP contribution in [0.2, 0.25) is 0 Å². The first-order chi connectivity index (χ1) is 9.70. The molecule has 1 saturated heterocycles. The lowest BCUT2D eigenvalue weighted by atomic mass is 10.2. The molecule has 1 amide bonds. The van der Waals surface area contributed by atoms with Gasteiger partial charge in [0.1, 0.15) is 0 Å². The van der Waals surface area contributed by atoms with Crippen LogP contribution in [0.1, 0.15) is 24.8 Å². The van der Waals surface area contributed by atoms with Crippen molar-refractivity contribution in [2.45, 2.75) is 31.3 Å². The number of nitrogens with two attached hydrogens (primary N) is 1. The van der Waals surface area contributed by atoms with E-state index in [-0.39, 0.29) is 5.91 Å². The van der Waals surface area contributed by atoms with E-state index >= 15 is 0 Å². The highest BCUT2D eigenvalue weighted by atomic mass is 16.1. The SMILES string of the molecule is Nc1cccc(/C=C/C(=O)NC2CCN(C3CC3)C2)c1. The predicted molar refractivity (Wildman–Crippen MR) is 81.0 cm³/mol. The van der Waals surface area contributed by atoms with Crippen LogP contribution in [-0.2, 0) is 4.79 Å². The van der Waals surface area contributed by atoms with Crippen molar-refractivity contribution < 1.29 is 4.79 Å². The molecule has 4 heteroatoms. The van der Waals surface area contributed by atoms with Crippen LogP contribution in [0.3, 0.4) is 0 Å². The number of likely N-dealkylation sites (tertiary alicyclic amines) is 1. The fourth-order valence-corrected chi connectivity index (χ4v) is 2.76. The smallest absolute Gasteiger partial charge is 0.244 e. The van der Waals surface area contributed by atoms with Crippen molar-refractivity contribution in [2.75, 3.05) is 18.8 Å². The van der Waals surface area contributed by atoms with Crippen molar-refractivity contribution in [3.63, 3.8) is 0 Å². The van der Waals surface area contributed by atoms with Crippen molar-refractivity contribution >= 4 is 17.7 Å². The summed E-state index contributed by atoms with van der Waals surface area (Å²) in [5.74, 6) is -0.0185. The number of hydrogen-bond donors (Lipinski definition) is 2. The lowest BCUT2D eigenvalue weighted by Gasteiger charge is -2.14. The first-order valence-electron chi connectivity index (χ1n) is 7.29. The third-order valence-electron chi connectivity index (χ3n) is 3.97. The lowest BCUT2D eigenvalue weighted by Crippen LogP contribution is -2.36. The number of rotatable bonds is 4. The molecule has 20 heavy (non-hydrogen) atoms. The maximum Gasteiger partial charge on any atom is 0.244 e. The molecule has 0 bridgehead atoms. The maximum atomic E-state index is 11.9. The van der Waals surface area contributed by atoms with Crippen molar-refractivity contribution in [3.8, 4) is 0 Å². The standard InChI is InChI=1S/C16H21N3O/c17-13-3-1-2-12(10-13)4-7-16(20)18-14-8-9-19(11-14)15-5-6-15/h1-4,7,10,14-15H,5-6,8-9,11,17H2,(H,18,20)/b7-4+. The molecule has 0 aromatic heterocycles. The minimum Gasteiger partial charge on any atom is -0.399 e. The van der Waals surface area contributed by atoms with Crippen LogP contribution in [0, 0.1) is 0 Å². The van der Waals surface area contributed by atoms with Crippen LogP contribution in [0.5, 0.6) is 0 Å². The van der Waals surface area contributed by atoms with Gasteiger partial charge >= 0.3 is 0 Å². The van der Waals surface area contributed by atoms with Gasteiger partial charge in [-0.3, -0.25) is 9.69 Å². The highest BCUT2D eigenvalue weighted by Crippen LogP contribution is 2.29. The first kappa shape index (κ1) is 13.2. The molecular weight excluding hydrogens is 250 g/mol. The van der Waals surface area contributed by atoms with Crippen LogP contribution < -0.4 is 11.1 Å². The summed E-state index contributed by atoms with van der Waals surface area (Å²) in [4.78, 5) is 14.4. The van der Waals surface area contributed by atoms with E-state index in [2.05, 4.69) is 10.2 Å². The second-order valence-corrected chi connectivity index (χ2v) is 5.72. The molecule has 1 atom stereocenters. The van der Waals surface area contributed by atoms with Gasteiger partial charge in [0.15, 0.2) is 0 Å². The van der Waals surface area contributed by atoms with E-state index in [0.717, 1.165) is 31.1 Å². The van der Waals surface area contributed by atoms with E-state index in [1.807, 2.05) is 24.3 Å². The molecule has 1 aliphatic heterocycles. The van der Waals surface area contributed by atoms with Gasteiger partial charge in [0.2, 0.25) is 5.91 Å². The number of anilines is 1. The maximum absolute atomic E-state index is 11.9. The van der Waals surface area contributed by atoms with Gasteiger partial charge in [-0.05, 0) is 43.0 Å². The first-order valence-corrected chi connectivity index (χ1v) is 7.29. The largest absolute Gasteiger partial charge is 0.399 e. The third-order valence-corrected chi connectivity index (χ3v) is 3.97. The molecule has 1 heterocycles. The van der Waals surface area contributed by atoms with Crippen LogP contribution in [0.15, 0.2) is 30.3 Å². The van der Waals surface area contributed by atoms with Gasteiger partial charge in [-0.2, -0.15) is 0 Å². The Balaban J connectivity index is 1.49. The molecule has 3 N–H and O–H groups in total. The third kappa shape index (κ3) is 3.39. The van der Waals surface area contributed by atoms with Gasteiger partial charge in [-0.15, -0.1) is 0 Å². The average Bonchev–Trinajstić information content (AvgIpc) is 3.18. The fraction of sp³-hybridized carbons (Fsp3) is 0.438. The zero-order valence-electron chi connectivity index (χ0n) is 11.6. The van der Waals surface area contributed by atoms with Gasteiger partial charge < -0.3 is 11.1 Å². The van der Waals surface area contributed by atoms with E-state index in [4.69, 9.17) is 5.73 Å². The van der Waals surface area contributed by atoms with Crippen LogP contribution in [0.4, 0.5) is 5.69 Å². The summed E-state index contributed by atoms with van der Waals surface area (Å²) in [6.45, 7) is 2.12. The Morgan fingerprint density at radius 2 is 2.20 bits per heavy atom. The van der Waals surface area contributed by atoms with Crippen LogP contribution in [-0.4, -0.2) is 36.0 Å². The van der Waals surface area contributed by atoms with E-state index in [1.54, 1.807) is 12.2 Å². The summed E-state index contributed by atoms with van der Waals surface area (Å²) in [5, 5.41) is 3.08. The molecule has 2 fully saturated rings. The van der Waals surface area contributed by atoms with Gasteiger partial charge in [-0.25, -0.2) is 0 Å². The summed E-state index contributed by atoms with van der Waals surface area (Å²) in [5.41, 5.74) is 7.37. The number of benzene rings is 1. The number of nitrogens with zero attached hydrogens (tertiary/aromatic N) is 1. The Morgan fingerprint density at radius 3 is 2.95 bits per heavy atom. The molecule has 0 spiro atoms. The van der Waals surface area contributed by atoms with Crippen molar-refractivity contribution in [1.29, 1.82) is 0 Å². The molecule has 1 aromatic carbocycles. The van der Waals surface area contributed by atoms with Crippen molar-refractivity contribution in [1.82, 2.24) is 10.2 Å². The van der Waals surface area contributed by atoms with Gasteiger partial charge in [0.25, 0.3) is 0 Å². The fourth-order valence-electron chi connectivity index (χ4n) is 2.76. The topological polar surface area (TPSA) is 58.4 Å². The van der Waals surface area contributed by atoms with Gasteiger partial charge in [-0.1, -0.05) is 12.1 Å². The van der Waals surface area contributed by atoms with E-state index in [1.165, 1.54) is 12.8 Å². The number of nitrogens with one attached hydrogen (secondary N) is 1. The Hall–Kier alpha value is -1.81. The van der Waals surface area contributed by atoms with Crippen LogP contribution >= 0.6 is 0 Å². The second kappa shape index (κ2) is 5.67. The van der Waals surface area contributed by atoms with Crippen molar-refractivity contribution in [3.05, 3.63) is 35.9 Å². The Labute approximate surface area is 119 Å². The summed E-state index contributed by atoms with van der Waals surface area (Å²) in [6.07, 6.45) is 7.12. The molecule has 1 saturated carbocycles. The normalized spacial score (nSPS) is 23.3. The summed E-state index contributed by atoms with van der Waals surface area (Å²) < 4.78 is 0. The Kier molecular flexibility index (Phi) is 3.74. The molecule has 1 unspecified atom stereocenters. The minimum atomic E-state index is -0.0185. The number of nitrogen functional groups attached to an aromatic ring is 1. The number of hydrogen-bond acceptors (Lipinski definition) is 3. The number of carbonyl (C=O) groups excluding carboxylic acids is 1. The molecular formula is C16H21N3O. The summed E-state index contributed by atoms with van der Waals surface area (Å²) in [6, 6.07) is 8.60. The predicted octanol–water partition coefficient (Wildman–Crippen LogP) is 1.63. The monoisotopic (exact) mass is 271 g/mol. The molecule has 0 radical (unpaired) electrons. The zero-order chi connectivity index (χ0) is 13.9. The van der Waals surface area contributed by atoms with Gasteiger partial charge in [0.05, 0.1) is 0 Å². The molecule has 4 nitrogen and oxygen atoms in total. The highest BCUT2D eigenvalue weighted by Gasteiger charge is 2.34. The minimum absolute atomic E-state index is 0.0185.